The Hall–Kier alpha value is -0.630. The fraction of sp³-hybridized carbons (Fsp3) is 0.538. The van der Waals surface area contributed by atoms with Crippen molar-refractivity contribution in [2.75, 3.05) is 0 Å². The molecule has 1 aliphatic carbocycles. The minimum Gasteiger partial charge on any atom is -0.321 e. The van der Waals surface area contributed by atoms with Crippen LogP contribution in [0.3, 0.4) is 0 Å². The predicted molar refractivity (Wildman–Crippen MR) is 68.8 cm³/mol. The molecule has 1 aliphatic rings. The smallest absolute Gasteiger partial charge is 0.321 e. The summed E-state index contributed by atoms with van der Waals surface area (Å²) in [5.74, 6) is 0. The van der Waals surface area contributed by atoms with Crippen LogP contribution in [-0.2, 0) is 21.9 Å². The van der Waals surface area contributed by atoms with E-state index in [1.54, 1.807) is 6.07 Å². The SMILES string of the molecule is CCc1cccc(P(=O)(O)OC2CC2)c1CC. The molecule has 0 saturated heterocycles. The Morgan fingerprint density at radius 2 is 2.06 bits per heavy atom. The molecule has 1 aromatic rings. The molecule has 1 aromatic carbocycles. The summed E-state index contributed by atoms with van der Waals surface area (Å²) >= 11 is 0. The lowest BCUT2D eigenvalue weighted by Gasteiger charge is -2.17. The van der Waals surface area contributed by atoms with Crippen LogP contribution >= 0.6 is 7.60 Å². The summed E-state index contributed by atoms with van der Waals surface area (Å²) in [7, 11) is -3.63. The average molecular weight is 254 g/mol. The van der Waals surface area contributed by atoms with E-state index in [1.165, 1.54) is 0 Å². The fourth-order valence-corrected chi connectivity index (χ4v) is 3.70. The van der Waals surface area contributed by atoms with Crippen molar-refractivity contribution in [1.82, 2.24) is 0 Å². The Balaban J connectivity index is 2.38. The summed E-state index contributed by atoms with van der Waals surface area (Å²) in [6.07, 6.45) is 3.43. The summed E-state index contributed by atoms with van der Waals surface area (Å²) in [4.78, 5) is 10.1. The molecule has 4 heteroatoms. The molecule has 1 saturated carbocycles. The van der Waals surface area contributed by atoms with Crippen molar-refractivity contribution < 1.29 is 14.0 Å². The maximum Gasteiger partial charge on any atom is 0.359 e. The highest BCUT2D eigenvalue weighted by Crippen LogP contribution is 2.48. The first-order valence-electron chi connectivity index (χ1n) is 6.21. The molecule has 1 fully saturated rings. The summed E-state index contributed by atoms with van der Waals surface area (Å²) in [5.41, 5.74) is 2.11. The first-order chi connectivity index (χ1) is 8.08. The summed E-state index contributed by atoms with van der Waals surface area (Å²) in [5, 5.41) is 0.492. The van der Waals surface area contributed by atoms with Gasteiger partial charge in [-0.15, -0.1) is 0 Å². The van der Waals surface area contributed by atoms with Gasteiger partial charge in [-0.25, -0.2) is 0 Å². The molecule has 0 bridgehead atoms. The van der Waals surface area contributed by atoms with Crippen molar-refractivity contribution in [1.29, 1.82) is 0 Å². The van der Waals surface area contributed by atoms with Gasteiger partial charge in [0.1, 0.15) is 0 Å². The molecular formula is C13H19O3P. The van der Waals surface area contributed by atoms with Crippen LogP contribution < -0.4 is 5.30 Å². The van der Waals surface area contributed by atoms with Crippen LogP contribution in [0.5, 0.6) is 0 Å². The Morgan fingerprint density at radius 1 is 1.35 bits per heavy atom. The molecule has 1 unspecified atom stereocenters. The van der Waals surface area contributed by atoms with Crippen LogP contribution in [0.25, 0.3) is 0 Å². The van der Waals surface area contributed by atoms with E-state index in [2.05, 4.69) is 6.92 Å². The van der Waals surface area contributed by atoms with Gasteiger partial charge in [0.2, 0.25) is 0 Å². The molecular weight excluding hydrogens is 235 g/mol. The lowest BCUT2D eigenvalue weighted by Crippen LogP contribution is -2.15. The highest BCUT2D eigenvalue weighted by Gasteiger charge is 2.34. The van der Waals surface area contributed by atoms with Crippen molar-refractivity contribution in [3.05, 3.63) is 29.3 Å². The maximum absolute atomic E-state index is 12.2. The standard InChI is InChI=1S/C13H19O3P/c1-3-10-6-5-7-13(12(10)4-2)17(14,15)16-11-8-9-11/h5-7,11H,3-4,8-9H2,1-2H3,(H,14,15). The molecule has 94 valence electrons. The molecule has 0 radical (unpaired) electrons. The molecule has 0 heterocycles. The van der Waals surface area contributed by atoms with E-state index in [0.717, 1.165) is 36.8 Å². The van der Waals surface area contributed by atoms with Crippen LogP contribution in [0.2, 0.25) is 0 Å². The molecule has 1 atom stereocenters. The van der Waals surface area contributed by atoms with Gasteiger partial charge in [0.15, 0.2) is 0 Å². The highest BCUT2D eigenvalue weighted by atomic mass is 31.2. The van der Waals surface area contributed by atoms with E-state index in [1.807, 2.05) is 19.1 Å². The lowest BCUT2D eigenvalue weighted by molar-refractivity contribution is 0.258. The molecule has 0 amide bonds. The third kappa shape index (κ3) is 2.79. The third-order valence-corrected chi connectivity index (χ3v) is 4.72. The van der Waals surface area contributed by atoms with Crippen molar-refractivity contribution >= 4 is 12.9 Å². The van der Waals surface area contributed by atoms with E-state index >= 15 is 0 Å². The number of hydrogen-bond acceptors (Lipinski definition) is 2. The number of aryl methyl sites for hydroxylation is 1. The van der Waals surface area contributed by atoms with Gasteiger partial charge in [0.25, 0.3) is 0 Å². The largest absolute Gasteiger partial charge is 0.359 e. The Bertz CT molecular complexity index is 452. The highest BCUT2D eigenvalue weighted by molar-refractivity contribution is 7.61. The Kier molecular flexibility index (Phi) is 3.72. The third-order valence-electron chi connectivity index (χ3n) is 3.10. The zero-order valence-corrected chi connectivity index (χ0v) is 11.2. The minimum absolute atomic E-state index is 0.0131. The Labute approximate surface area is 102 Å². The van der Waals surface area contributed by atoms with Crippen LogP contribution in [0, 0.1) is 0 Å². The molecule has 0 aromatic heterocycles. The lowest BCUT2D eigenvalue weighted by atomic mass is 10.0. The van der Waals surface area contributed by atoms with E-state index in [-0.39, 0.29) is 6.10 Å². The van der Waals surface area contributed by atoms with Crippen molar-refractivity contribution in [2.24, 2.45) is 0 Å². The number of hydrogen-bond donors (Lipinski definition) is 1. The second kappa shape index (κ2) is 4.93. The van der Waals surface area contributed by atoms with Gasteiger partial charge >= 0.3 is 7.60 Å². The van der Waals surface area contributed by atoms with E-state index in [0.29, 0.717) is 5.30 Å². The molecule has 0 aliphatic heterocycles. The van der Waals surface area contributed by atoms with Gasteiger partial charge in [0.05, 0.1) is 11.4 Å². The predicted octanol–water partition coefficient (Wildman–Crippen LogP) is 2.80. The maximum atomic E-state index is 12.2. The first kappa shape index (κ1) is 12.8. The van der Waals surface area contributed by atoms with E-state index in [9.17, 15) is 9.46 Å². The zero-order valence-electron chi connectivity index (χ0n) is 10.3. The normalized spacial score (nSPS) is 19.0. The van der Waals surface area contributed by atoms with Gasteiger partial charge in [-0.05, 0) is 42.9 Å². The first-order valence-corrected chi connectivity index (χ1v) is 7.78. The quantitative estimate of drug-likeness (QED) is 0.822. The van der Waals surface area contributed by atoms with E-state index in [4.69, 9.17) is 4.52 Å². The molecule has 1 N–H and O–H groups in total. The zero-order chi connectivity index (χ0) is 12.5. The van der Waals surface area contributed by atoms with Gasteiger partial charge < -0.3 is 9.42 Å². The van der Waals surface area contributed by atoms with Gasteiger partial charge in [-0.3, -0.25) is 4.57 Å². The second-order valence-electron chi connectivity index (χ2n) is 4.45. The molecule has 0 spiro atoms. The van der Waals surface area contributed by atoms with Gasteiger partial charge in [-0.1, -0.05) is 26.0 Å². The monoisotopic (exact) mass is 254 g/mol. The van der Waals surface area contributed by atoms with Crippen LogP contribution in [0.15, 0.2) is 18.2 Å². The summed E-state index contributed by atoms with van der Waals surface area (Å²) in [6.45, 7) is 4.07. The minimum atomic E-state index is -3.63. The number of benzene rings is 1. The van der Waals surface area contributed by atoms with Crippen LogP contribution in [-0.4, -0.2) is 11.0 Å². The molecule has 2 rings (SSSR count). The number of rotatable bonds is 5. The molecule has 17 heavy (non-hydrogen) atoms. The van der Waals surface area contributed by atoms with Crippen LogP contribution in [0.1, 0.15) is 37.8 Å². The topological polar surface area (TPSA) is 46.5 Å². The Morgan fingerprint density at radius 3 is 2.59 bits per heavy atom. The van der Waals surface area contributed by atoms with E-state index < -0.39 is 7.60 Å². The van der Waals surface area contributed by atoms with Gasteiger partial charge in [0, 0.05) is 0 Å². The van der Waals surface area contributed by atoms with Gasteiger partial charge in [-0.2, -0.15) is 0 Å². The summed E-state index contributed by atoms with van der Waals surface area (Å²) < 4.78 is 17.5. The second-order valence-corrected chi connectivity index (χ2v) is 6.18. The van der Waals surface area contributed by atoms with Crippen molar-refractivity contribution in [3.8, 4) is 0 Å². The molecule has 3 nitrogen and oxygen atoms in total. The van der Waals surface area contributed by atoms with Crippen molar-refractivity contribution in [3.63, 3.8) is 0 Å². The van der Waals surface area contributed by atoms with Crippen LogP contribution in [0.4, 0.5) is 0 Å². The van der Waals surface area contributed by atoms with Crippen molar-refractivity contribution in [2.45, 2.75) is 45.6 Å². The summed E-state index contributed by atoms with van der Waals surface area (Å²) in [6, 6.07) is 5.58. The average Bonchev–Trinajstić information content (AvgIpc) is 3.11. The fourth-order valence-electron chi connectivity index (χ4n) is 2.06.